The molecule has 0 fully saturated rings. The molecule has 0 radical (unpaired) electrons. The zero-order chi connectivity index (χ0) is 19.7. The van der Waals surface area contributed by atoms with Crippen molar-refractivity contribution >= 4 is 20.9 Å². The molecule has 144 valence electrons. The number of pyridine rings is 1. The van der Waals surface area contributed by atoms with Crippen LogP contribution in [0.3, 0.4) is 0 Å². The summed E-state index contributed by atoms with van der Waals surface area (Å²) in [6.45, 7) is 1.75. The van der Waals surface area contributed by atoms with E-state index in [9.17, 15) is 21.6 Å². The van der Waals surface area contributed by atoms with Crippen LogP contribution in [0.5, 0.6) is 0 Å². The summed E-state index contributed by atoms with van der Waals surface area (Å²) < 4.78 is 66.8. The minimum absolute atomic E-state index is 0.0617. The Labute approximate surface area is 154 Å². The Morgan fingerprint density at radius 3 is 2.63 bits per heavy atom. The van der Waals surface area contributed by atoms with Gasteiger partial charge < -0.3 is 0 Å². The molecule has 3 aromatic rings. The average Bonchev–Trinajstić information content (AvgIpc) is 2.99. The summed E-state index contributed by atoms with van der Waals surface area (Å²) in [5, 5.41) is 4.22. The van der Waals surface area contributed by atoms with Crippen LogP contribution in [-0.4, -0.2) is 29.7 Å². The van der Waals surface area contributed by atoms with Crippen molar-refractivity contribution in [2.75, 3.05) is 6.54 Å². The highest BCUT2D eigenvalue weighted by Gasteiger charge is 2.34. The molecule has 27 heavy (non-hydrogen) atoms. The number of nitrogens with zero attached hydrogens (tertiary/aromatic N) is 3. The van der Waals surface area contributed by atoms with Crippen molar-refractivity contribution < 1.29 is 21.6 Å². The van der Waals surface area contributed by atoms with Crippen molar-refractivity contribution in [2.24, 2.45) is 0 Å². The smallest absolute Gasteiger partial charge is 0.269 e. The third-order valence-electron chi connectivity index (χ3n) is 4.00. The number of aromatic nitrogens is 3. The number of para-hydroxylation sites is 1. The number of nitrogens with one attached hydrogen (secondary N) is 1. The van der Waals surface area contributed by atoms with E-state index < -0.39 is 21.9 Å². The molecular weight excluding hydrogens is 381 g/mol. The van der Waals surface area contributed by atoms with E-state index in [-0.39, 0.29) is 24.4 Å². The zero-order valence-electron chi connectivity index (χ0n) is 14.4. The molecule has 2 heterocycles. The summed E-state index contributed by atoms with van der Waals surface area (Å²) in [7, 11) is -3.79. The van der Waals surface area contributed by atoms with E-state index in [1.54, 1.807) is 24.3 Å². The van der Waals surface area contributed by atoms with Gasteiger partial charge in [0.25, 0.3) is 0 Å². The third kappa shape index (κ3) is 4.28. The minimum atomic E-state index is -4.50. The van der Waals surface area contributed by atoms with Crippen LogP contribution in [0.4, 0.5) is 13.2 Å². The SMILES string of the molecule is Cc1cc(C(F)(F)F)nn1CCCNS(=O)(=O)c1cccc2cccnc12. The monoisotopic (exact) mass is 398 g/mol. The van der Waals surface area contributed by atoms with Crippen molar-refractivity contribution in [1.82, 2.24) is 19.5 Å². The van der Waals surface area contributed by atoms with Gasteiger partial charge >= 0.3 is 6.18 Å². The predicted octanol–water partition coefficient (Wildman–Crippen LogP) is 3.13. The molecule has 10 heteroatoms. The Hall–Kier alpha value is -2.46. The number of halogens is 3. The molecule has 1 N–H and O–H groups in total. The lowest BCUT2D eigenvalue weighted by atomic mass is 10.2. The van der Waals surface area contributed by atoms with Gasteiger partial charge in [0.1, 0.15) is 4.90 Å². The number of rotatable bonds is 6. The van der Waals surface area contributed by atoms with E-state index in [2.05, 4.69) is 14.8 Å². The molecule has 0 aliphatic carbocycles. The lowest BCUT2D eigenvalue weighted by molar-refractivity contribution is -0.141. The highest BCUT2D eigenvalue weighted by atomic mass is 32.2. The van der Waals surface area contributed by atoms with Crippen molar-refractivity contribution in [3.8, 4) is 0 Å². The van der Waals surface area contributed by atoms with Crippen molar-refractivity contribution in [2.45, 2.75) is 31.0 Å². The average molecular weight is 398 g/mol. The number of fused-ring (bicyclic) bond motifs is 1. The Bertz CT molecular complexity index is 1060. The second-order valence-electron chi connectivity index (χ2n) is 5.97. The molecule has 0 saturated carbocycles. The Balaban J connectivity index is 1.66. The molecule has 0 aliphatic rings. The van der Waals surface area contributed by atoms with Gasteiger partial charge in [0.05, 0.1) is 5.52 Å². The summed E-state index contributed by atoms with van der Waals surface area (Å²) in [6.07, 6.45) is -2.70. The van der Waals surface area contributed by atoms with E-state index >= 15 is 0 Å². The number of aryl methyl sites for hydroxylation is 2. The number of benzene rings is 1. The Morgan fingerprint density at radius 1 is 1.19 bits per heavy atom. The van der Waals surface area contributed by atoms with Crippen LogP contribution in [0.25, 0.3) is 10.9 Å². The van der Waals surface area contributed by atoms with Crippen molar-refractivity contribution in [3.05, 3.63) is 54.0 Å². The van der Waals surface area contributed by atoms with Crippen LogP contribution >= 0.6 is 0 Å². The fraction of sp³-hybridized carbons (Fsp3) is 0.294. The maximum atomic E-state index is 12.7. The molecule has 0 unspecified atom stereocenters. The first-order chi connectivity index (χ1) is 12.7. The quantitative estimate of drug-likeness (QED) is 0.648. The Kier molecular flexibility index (Phi) is 5.20. The van der Waals surface area contributed by atoms with Crippen LogP contribution in [-0.2, 0) is 22.7 Å². The van der Waals surface area contributed by atoms with Gasteiger partial charge in [0, 0.05) is 30.4 Å². The maximum absolute atomic E-state index is 12.7. The summed E-state index contributed by atoms with van der Waals surface area (Å²) in [5.41, 5.74) is -0.226. The number of hydrogen-bond acceptors (Lipinski definition) is 4. The van der Waals surface area contributed by atoms with Gasteiger partial charge in [0.2, 0.25) is 10.0 Å². The van der Waals surface area contributed by atoms with E-state index in [4.69, 9.17) is 0 Å². The zero-order valence-corrected chi connectivity index (χ0v) is 15.2. The minimum Gasteiger partial charge on any atom is -0.269 e. The fourth-order valence-corrected chi connectivity index (χ4v) is 3.93. The normalized spacial score (nSPS) is 12.6. The van der Waals surface area contributed by atoms with E-state index in [1.165, 1.54) is 23.9 Å². The molecule has 0 aliphatic heterocycles. The van der Waals surface area contributed by atoms with Gasteiger partial charge in [-0.1, -0.05) is 18.2 Å². The molecule has 0 bridgehead atoms. The number of hydrogen-bond donors (Lipinski definition) is 1. The van der Waals surface area contributed by atoms with E-state index in [0.717, 1.165) is 6.07 Å². The highest BCUT2D eigenvalue weighted by Crippen LogP contribution is 2.28. The number of alkyl halides is 3. The molecule has 2 aromatic heterocycles. The Morgan fingerprint density at radius 2 is 1.93 bits per heavy atom. The van der Waals surface area contributed by atoms with Crippen LogP contribution < -0.4 is 4.72 Å². The molecule has 0 atom stereocenters. The number of sulfonamides is 1. The summed E-state index contributed by atoms with van der Waals surface area (Å²) in [4.78, 5) is 4.19. The standard InChI is InChI=1S/C17H17F3N4O2S/c1-12-11-15(17(18,19)20)23-24(12)10-4-9-22-27(25,26)14-7-2-5-13-6-3-8-21-16(13)14/h2-3,5-8,11,22H,4,9-10H2,1H3. The lowest BCUT2D eigenvalue weighted by Gasteiger charge is -2.09. The van der Waals surface area contributed by atoms with Crippen LogP contribution in [0.15, 0.2) is 47.5 Å². The van der Waals surface area contributed by atoms with Gasteiger partial charge in [0.15, 0.2) is 5.69 Å². The topological polar surface area (TPSA) is 76.9 Å². The van der Waals surface area contributed by atoms with Gasteiger partial charge in [-0.05, 0) is 31.5 Å². The molecule has 0 amide bonds. The van der Waals surface area contributed by atoms with Gasteiger partial charge in [-0.25, -0.2) is 13.1 Å². The summed E-state index contributed by atoms with van der Waals surface area (Å²) in [6, 6.07) is 9.30. The summed E-state index contributed by atoms with van der Waals surface area (Å²) in [5.74, 6) is 0. The molecule has 0 spiro atoms. The fourth-order valence-electron chi connectivity index (χ4n) is 2.68. The second kappa shape index (κ2) is 7.28. The molecular formula is C17H17F3N4O2S. The van der Waals surface area contributed by atoms with E-state index in [1.807, 2.05) is 0 Å². The molecule has 0 saturated heterocycles. The largest absolute Gasteiger partial charge is 0.435 e. The van der Waals surface area contributed by atoms with Crippen molar-refractivity contribution in [3.63, 3.8) is 0 Å². The van der Waals surface area contributed by atoms with E-state index in [0.29, 0.717) is 16.6 Å². The molecule has 1 aromatic carbocycles. The lowest BCUT2D eigenvalue weighted by Crippen LogP contribution is -2.26. The molecule has 6 nitrogen and oxygen atoms in total. The summed E-state index contributed by atoms with van der Waals surface area (Å²) >= 11 is 0. The van der Waals surface area contributed by atoms with Crippen molar-refractivity contribution in [1.29, 1.82) is 0 Å². The predicted molar refractivity (Wildman–Crippen MR) is 93.5 cm³/mol. The molecule has 3 rings (SSSR count). The highest BCUT2D eigenvalue weighted by molar-refractivity contribution is 7.89. The van der Waals surface area contributed by atoms with Crippen LogP contribution in [0.2, 0.25) is 0 Å². The first-order valence-electron chi connectivity index (χ1n) is 8.13. The van der Waals surface area contributed by atoms with Gasteiger partial charge in [-0.2, -0.15) is 18.3 Å². The third-order valence-corrected chi connectivity index (χ3v) is 5.49. The first-order valence-corrected chi connectivity index (χ1v) is 9.62. The van der Waals surface area contributed by atoms with Gasteiger partial charge in [-0.15, -0.1) is 0 Å². The first kappa shape index (κ1) is 19.3. The second-order valence-corrected chi connectivity index (χ2v) is 7.71. The van der Waals surface area contributed by atoms with Gasteiger partial charge in [-0.3, -0.25) is 9.67 Å². The van der Waals surface area contributed by atoms with Crippen LogP contribution in [0.1, 0.15) is 17.8 Å². The maximum Gasteiger partial charge on any atom is 0.435 e. The van der Waals surface area contributed by atoms with Crippen LogP contribution in [0, 0.1) is 6.92 Å².